The highest BCUT2D eigenvalue weighted by molar-refractivity contribution is 9.10. The zero-order valence-electron chi connectivity index (χ0n) is 9.78. The van der Waals surface area contributed by atoms with E-state index in [0.29, 0.717) is 0 Å². The molecule has 0 aromatic heterocycles. The number of nitro groups is 1. The van der Waals surface area contributed by atoms with Crippen molar-refractivity contribution in [3.8, 4) is 5.75 Å². The van der Waals surface area contributed by atoms with Gasteiger partial charge in [-0.05, 0) is 22.0 Å². The van der Waals surface area contributed by atoms with Crippen LogP contribution in [0.25, 0.3) is 0 Å². The van der Waals surface area contributed by atoms with Gasteiger partial charge in [0.25, 0.3) is 0 Å². The number of hydrogen-bond acceptors (Lipinski definition) is 4. The molecular weight excluding hydrogens is 309 g/mol. The first-order valence-corrected chi connectivity index (χ1v) is 5.91. The fraction of sp³-hybridized carbons (Fsp3) is 0.364. The summed E-state index contributed by atoms with van der Waals surface area (Å²) < 4.78 is 18.2. The first kappa shape index (κ1) is 14.6. The number of carbonyl (C=O) groups is 1. The fourth-order valence-corrected chi connectivity index (χ4v) is 1.67. The van der Waals surface area contributed by atoms with Gasteiger partial charge >= 0.3 is 5.69 Å². The average Bonchev–Trinajstić information content (AvgIpc) is 2.26. The molecule has 0 bridgehead atoms. The summed E-state index contributed by atoms with van der Waals surface area (Å²) in [5.74, 6) is -1.32. The first-order chi connectivity index (χ1) is 8.32. The number of ketones is 1. The lowest BCUT2D eigenvalue weighted by molar-refractivity contribution is -0.386. The Morgan fingerprint density at radius 3 is 2.67 bits per heavy atom. The normalized spacial score (nSPS) is 10.5. The van der Waals surface area contributed by atoms with Crippen molar-refractivity contribution in [3.05, 3.63) is 32.5 Å². The maximum absolute atomic E-state index is 13.0. The minimum absolute atomic E-state index is 0.103. The lowest BCUT2D eigenvalue weighted by Gasteiger charge is -2.09. The Balaban J connectivity index is 3.01. The second-order valence-electron chi connectivity index (χ2n) is 3.90. The number of Topliss-reactive ketones (excluding diaryl/α,β-unsaturated/α-hetero) is 1. The third-order valence-corrected chi connectivity index (χ3v) is 2.78. The number of halogens is 2. The van der Waals surface area contributed by atoms with Crippen LogP contribution >= 0.6 is 15.9 Å². The van der Waals surface area contributed by atoms with Crippen molar-refractivity contribution in [1.82, 2.24) is 0 Å². The molecule has 0 aliphatic rings. The Morgan fingerprint density at radius 2 is 2.17 bits per heavy atom. The van der Waals surface area contributed by atoms with Crippen molar-refractivity contribution in [2.75, 3.05) is 6.61 Å². The Morgan fingerprint density at radius 1 is 1.56 bits per heavy atom. The van der Waals surface area contributed by atoms with Gasteiger partial charge in [0.15, 0.2) is 5.78 Å². The minimum Gasteiger partial charge on any atom is -0.478 e. The average molecular weight is 320 g/mol. The van der Waals surface area contributed by atoms with Crippen LogP contribution in [0.3, 0.4) is 0 Å². The molecule has 0 spiro atoms. The smallest absolute Gasteiger partial charge is 0.315 e. The van der Waals surface area contributed by atoms with E-state index in [9.17, 15) is 19.3 Å². The van der Waals surface area contributed by atoms with Crippen LogP contribution in [0.2, 0.25) is 0 Å². The Kier molecular flexibility index (Phi) is 4.77. The molecule has 1 aromatic carbocycles. The maximum atomic E-state index is 13.0. The monoisotopic (exact) mass is 319 g/mol. The van der Waals surface area contributed by atoms with Crippen molar-refractivity contribution < 1.29 is 18.8 Å². The van der Waals surface area contributed by atoms with Gasteiger partial charge in [0.2, 0.25) is 5.75 Å². The van der Waals surface area contributed by atoms with Crippen molar-refractivity contribution in [2.45, 2.75) is 13.8 Å². The molecule has 0 saturated carbocycles. The second kappa shape index (κ2) is 5.90. The molecule has 0 N–H and O–H groups in total. The number of benzene rings is 1. The van der Waals surface area contributed by atoms with E-state index in [2.05, 4.69) is 15.9 Å². The van der Waals surface area contributed by atoms with Crippen LogP contribution in [0, 0.1) is 21.8 Å². The summed E-state index contributed by atoms with van der Waals surface area (Å²) in [7, 11) is 0. The van der Waals surface area contributed by atoms with E-state index in [-0.39, 0.29) is 28.5 Å². The molecule has 0 amide bonds. The van der Waals surface area contributed by atoms with E-state index in [1.54, 1.807) is 13.8 Å². The van der Waals surface area contributed by atoms with Crippen molar-refractivity contribution in [3.63, 3.8) is 0 Å². The van der Waals surface area contributed by atoms with Crippen molar-refractivity contribution >= 4 is 27.4 Å². The molecule has 0 aliphatic carbocycles. The van der Waals surface area contributed by atoms with E-state index in [1.165, 1.54) is 0 Å². The van der Waals surface area contributed by atoms with Gasteiger partial charge in [-0.1, -0.05) is 13.8 Å². The first-order valence-electron chi connectivity index (χ1n) is 5.12. The molecule has 1 aromatic rings. The maximum Gasteiger partial charge on any atom is 0.315 e. The summed E-state index contributed by atoms with van der Waals surface area (Å²) in [6, 6.07) is 1.79. The summed E-state index contributed by atoms with van der Waals surface area (Å²) in [5, 5.41) is 10.8. The largest absolute Gasteiger partial charge is 0.478 e. The number of rotatable bonds is 5. The third kappa shape index (κ3) is 3.49. The van der Waals surface area contributed by atoms with E-state index in [4.69, 9.17) is 4.74 Å². The van der Waals surface area contributed by atoms with Gasteiger partial charge in [-0.3, -0.25) is 14.9 Å². The second-order valence-corrected chi connectivity index (χ2v) is 4.76. The van der Waals surface area contributed by atoms with E-state index in [0.717, 1.165) is 12.1 Å². The molecular formula is C11H11BrFNO4. The molecule has 5 nitrogen and oxygen atoms in total. The van der Waals surface area contributed by atoms with Crippen LogP contribution in [0.1, 0.15) is 13.8 Å². The van der Waals surface area contributed by atoms with Gasteiger partial charge in [0.1, 0.15) is 12.4 Å². The van der Waals surface area contributed by atoms with Crippen LogP contribution in [-0.4, -0.2) is 17.3 Å². The van der Waals surface area contributed by atoms with Crippen molar-refractivity contribution in [2.24, 2.45) is 5.92 Å². The summed E-state index contributed by atoms with van der Waals surface area (Å²) >= 11 is 2.97. The predicted octanol–water partition coefficient (Wildman–Crippen LogP) is 3.10. The predicted molar refractivity (Wildman–Crippen MR) is 66.1 cm³/mol. The Bertz CT molecular complexity index is 490. The summed E-state index contributed by atoms with van der Waals surface area (Å²) in [6.07, 6.45) is 0. The molecule has 0 fully saturated rings. The number of nitro benzene ring substituents is 1. The molecule has 98 valence electrons. The summed E-state index contributed by atoms with van der Waals surface area (Å²) in [6.45, 7) is 3.10. The topological polar surface area (TPSA) is 69.4 Å². The fourth-order valence-electron chi connectivity index (χ4n) is 1.14. The van der Waals surface area contributed by atoms with Crippen LogP contribution in [0.4, 0.5) is 10.1 Å². The van der Waals surface area contributed by atoms with E-state index >= 15 is 0 Å². The number of hydrogen-bond donors (Lipinski definition) is 0. The molecule has 0 radical (unpaired) electrons. The number of ether oxygens (including phenoxy) is 1. The van der Waals surface area contributed by atoms with Gasteiger partial charge in [-0.25, -0.2) is 4.39 Å². The van der Waals surface area contributed by atoms with Crippen LogP contribution in [0.15, 0.2) is 16.6 Å². The van der Waals surface area contributed by atoms with Crippen molar-refractivity contribution in [1.29, 1.82) is 0 Å². The quantitative estimate of drug-likeness (QED) is 0.617. The Hall–Kier alpha value is -1.50. The molecule has 0 unspecified atom stereocenters. The van der Waals surface area contributed by atoms with Crippen LogP contribution in [-0.2, 0) is 4.79 Å². The highest BCUT2D eigenvalue weighted by Crippen LogP contribution is 2.35. The molecule has 0 aliphatic heterocycles. The standard InChI is InChI=1S/C11H11BrFNO4/c1-6(2)10(15)5-18-11-8(12)3-7(13)4-9(11)14(16)17/h3-4,6H,5H2,1-2H3. The third-order valence-electron chi connectivity index (χ3n) is 2.19. The van der Waals surface area contributed by atoms with E-state index in [1.807, 2.05) is 0 Å². The van der Waals surface area contributed by atoms with Crippen LogP contribution in [0.5, 0.6) is 5.75 Å². The molecule has 18 heavy (non-hydrogen) atoms. The molecule has 0 saturated heterocycles. The van der Waals surface area contributed by atoms with Gasteiger partial charge in [0, 0.05) is 5.92 Å². The lowest BCUT2D eigenvalue weighted by Crippen LogP contribution is -2.17. The highest BCUT2D eigenvalue weighted by atomic mass is 79.9. The van der Waals surface area contributed by atoms with Gasteiger partial charge in [0.05, 0.1) is 15.5 Å². The zero-order chi connectivity index (χ0) is 13.9. The minimum atomic E-state index is -0.761. The molecule has 1 rings (SSSR count). The molecule has 0 heterocycles. The number of nitrogens with zero attached hydrogens (tertiary/aromatic N) is 1. The van der Waals surface area contributed by atoms with E-state index < -0.39 is 16.4 Å². The summed E-state index contributed by atoms with van der Waals surface area (Å²) in [4.78, 5) is 21.4. The molecule has 7 heteroatoms. The zero-order valence-corrected chi connectivity index (χ0v) is 11.4. The lowest BCUT2D eigenvalue weighted by atomic mass is 10.1. The SMILES string of the molecule is CC(C)C(=O)COc1c(Br)cc(F)cc1[N+](=O)[O-]. The van der Waals surface area contributed by atoms with Gasteiger partial charge < -0.3 is 4.74 Å². The highest BCUT2D eigenvalue weighted by Gasteiger charge is 2.21. The molecule has 0 atom stereocenters. The van der Waals surface area contributed by atoms with Gasteiger partial charge in [-0.15, -0.1) is 0 Å². The number of carbonyl (C=O) groups excluding carboxylic acids is 1. The Labute approximate surface area is 111 Å². The van der Waals surface area contributed by atoms with Gasteiger partial charge in [-0.2, -0.15) is 0 Å². The van der Waals surface area contributed by atoms with Crippen LogP contribution < -0.4 is 4.74 Å². The summed E-state index contributed by atoms with van der Waals surface area (Å²) in [5.41, 5.74) is -0.515.